The van der Waals surface area contributed by atoms with E-state index in [0.29, 0.717) is 6.42 Å². The Labute approximate surface area is 146 Å². The van der Waals surface area contributed by atoms with Gasteiger partial charge < -0.3 is 29.3 Å². The number of amides is 1. The maximum absolute atomic E-state index is 10.7. The van der Waals surface area contributed by atoms with Gasteiger partial charge in [-0.15, -0.1) is 10.2 Å². The molecule has 148 valence electrons. The number of hydrogen-bond donors (Lipinski definition) is 5. The highest BCUT2D eigenvalue weighted by Gasteiger charge is 2.54. The fourth-order valence-electron chi connectivity index (χ4n) is 1.11. The van der Waals surface area contributed by atoms with Gasteiger partial charge >= 0.3 is 15.2 Å². The number of hydrogen-bond acceptors (Lipinski definition) is 6. The molecule has 1 aromatic rings. The van der Waals surface area contributed by atoms with Gasteiger partial charge in [-0.2, -0.15) is 0 Å². The number of carbonyl (C=O) groups excluding carboxylic acids is 1. The zero-order valence-corrected chi connectivity index (χ0v) is 16.5. The number of nitrogens with one attached hydrogen (secondary N) is 1. The quantitative estimate of drug-likeness (QED) is 0.436. The molecule has 25 heavy (non-hydrogen) atoms. The van der Waals surface area contributed by atoms with Gasteiger partial charge in [0.1, 0.15) is 0 Å². The van der Waals surface area contributed by atoms with E-state index in [1.54, 1.807) is 0 Å². The number of carbonyl (C=O) groups is 1. The molecule has 0 spiro atoms. The van der Waals surface area contributed by atoms with Gasteiger partial charge in [-0.1, -0.05) is 20.8 Å². The van der Waals surface area contributed by atoms with Crippen LogP contribution in [0.25, 0.3) is 0 Å². The van der Waals surface area contributed by atoms with Crippen molar-refractivity contribution < 1.29 is 37.9 Å². The first-order valence-corrected chi connectivity index (χ1v) is 10.7. The van der Waals surface area contributed by atoms with Crippen molar-refractivity contribution in [2.24, 2.45) is 0 Å². The van der Waals surface area contributed by atoms with Gasteiger partial charge in [-0.3, -0.25) is 13.9 Å². The molecule has 0 atom stereocenters. The predicted molar refractivity (Wildman–Crippen MR) is 90.7 cm³/mol. The largest absolute Gasteiger partial charge is 0.431 e. The monoisotopic (exact) mass is 403 g/mol. The second kappa shape index (κ2) is 12.3. The molecule has 1 amide bonds. The summed E-state index contributed by atoms with van der Waals surface area (Å²) in [6.07, 6.45) is 3.87. The fourth-order valence-corrected chi connectivity index (χ4v) is 3.29. The van der Waals surface area contributed by atoms with Crippen LogP contribution in [0.3, 0.4) is 0 Å². The fraction of sp³-hybridized carbons (Fsp3) is 0.750. The third-order valence-corrected chi connectivity index (χ3v) is 7.81. The Morgan fingerprint density at radius 2 is 1.52 bits per heavy atom. The molecule has 0 radical (unpaired) electrons. The SMILES string of the molecule is CCC(C)(P(=O)(O)O)P(=O)(O)O.CCCNC(=O)CC.c1nnco1. The van der Waals surface area contributed by atoms with Crippen LogP contribution in [-0.2, 0) is 13.9 Å². The van der Waals surface area contributed by atoms with Crippen LogP contribution < -0.4 is 5.32 Å². The molecule has 0 bridgehead atoms. The maximum atomic E-state index is 10.7. The van der Waals surface area contributed by atoms with Gasteiger partial charge in [0, 0.05) is 13.0 Å². The topological polar surface area (TPSA) is 183 Å². The third-order valence-electron chi connectivity index (χ3n) is 3.10. The van der Waals surface area contributed by atoms with E-state index in [2.05, 4.69) is 19.9 Å². The minimum absolute atomic E-state index is 0.145. The molecule has 1 aromatic heterocycles. The number of aromatic nitrogens is 2. The molecule has 0 unspecified atom stereocenters. The van der Waals surface area contributed by atoms with Crippen molar-refractivity contribution in [2.45, 2.75) is 51.9 Å². The summed E-state index contributed by atoms with van der Waals surface area (Å²) >= 11 is 0. The first-order valence-electron chi connectivity index (χ1n) is 7.44. The Kier molecular flexibility index (Phi) is 12.9. The predicted octanol–water partition coefficient (Wildman–Crippen LogP) is 1.46. The van der Waals surface area contributed by atoms with Gasteiger partial charge in [0.05, 0.1) is 0 Å². The first kappa shape index (κ1) is 26.1. The molecule has 0 fully saturated rings. The molecule has 5 N–H and O–H groups in total. The summed E-state index contributed by atoms with van der Waals surface area (Å²) in [6, 6.07) is 0. The Morgan fingerprint density at radius 1 is 1.08 bits per heavy atom. The smallest absolute Gasteiger partial charge is 0.343 e. The summed E-state index contributed by atoms with van der Waals surface area (Å²) in [4.78, 5) is 43.0. The van der Waals surface area contributed by atoms with Crippen molar-refractivity contribution in [3.63, 3.8) is 0 Å². The summed E-state index contributed by atoms with van der Waals surface area (Å²) in [5, 5.41) is 9.35. The van der Waals surface area contributed by atoms with Gasteiger partial charge in [0.2, 0.25) is 18.7 Å². The zero-order chi connectivity index (χ0) is 20.1. The van der Waals surface area contributed by atoms with Crippen molar-refractivity contribution >= 4 is 21.1 Å². The van der Waals surface area contributed by atoms with E-state index in [0.717, 1.165) is 19.9 Å². The Hall–Kier alpha value is -1.09. The second-order valence-corrected chi connectivity index (χ2v) is 9.44. The number of nitrogens with zero attached hydrogens (tertiary/aromatic N) is 2. The molecular weight excluding hydrogens is 376 g/mol. The summed E-state index contributed by atoms with van der Waals surface area (Å²) < 4.78 is 25.8. The third kappa shape index (κ3) is 10.5. The summed E-state index contributed by atoms with van der Waals surface area (Å²) in [5.74, 6) is 0.145. The molecule has 11 nitrogen and oxygen atoms in total. The van der Waals surface area contributed by atoms with E-state index in [1.807, 2.05) is 13.8 Å². The molecule has 1 rings (SSSR count). The van der Waals surface area contributed by atoms with Crippen LogP contribution >= 0.6 is 15.2 Å². The summed E-state index contributed by atoms with van der Waals surface area (Å²) in [6.45, 7) is 6.90. The highest BCUT2D eigenvalue weighted by atomic mass is 31.2. The van der Waals surface area contributed by atoms with E-state index in [4.69, 9.17) is 19.6 Å². The lowest BCUT2D eigenvalue weighted by Gasteiger charge is -2.29. The van der Waals surface area contributed by atoms with Crippen molar-refractivity contribution in [3.05, 3.63) is 12.8 Å². The van der Waals surface area contributed by atoms with Crippen LogP contribution in [0.15, 0.2) is 17.2 Å². The molecule has 0 saturated carbocycles. The van der Waals surface area contributed by atoms with Gasteiger partial charge in [-0.05, 0) is 19.8 Å². The van der Waals surface area contributed by atoms with E-state index in [9.17, 15) is 13.9 Å². The highest BCUT2D eigenvalue weighted by molar-refractivity contribution is 7.72. The molecule has 1 heterocycles. The highest BCUT2D eigenvalue weighted by Crippen LogP contribution is 2.70. The van der Waals surface area contributed by atoms with Crippen molar-refractivity contribution in [2.75, 3.05) is 6.54 Å². The van der Waals surface area contributed by atoms with Crippen LogP contribution in [-0.4, -0.2) is 47.1 Å². The Morgan fingerprint density at radius 3 is 1.68 bits per heavy atom. The van der Waals surface area contributed by atoms with Crippen LogP contribution in [0.5, 0.6) is 0 Å². The Balaban J connectivity index is 0. The van der Waals surface area contributed by atoms with Gasteiger partial charge in [0.15, 0.2) is 4.90 Å². The zero-order valence-electron chi connectivity index (χ0n) is 14.7. The maximum Gasteiger partial charge on any atom is 0.343 e. The Bertz CT molecular complexity index is 515. The minimum atomic E-state index is -4.77. The van der Waals surface area contributed by atoms with Crippen molar-refractivity contribution in [3.8, 4) is 0 Å². The molecular formula is C12H27N3O8P2. The van der Waals surface area contributed by atoms with Gasteiger partial charge in [0.25, 0.3) is 0 Å². The van der Waals surface area contributed by atoms with Crippen LogP contribution in [0.4, 0.5) is 0 Å². The summed E-state index contributed by atoms with van der Waals surface area (Å²) in [7, 11) is -9.54. The molecule has 13 heteroatoms. The standard InChI is InChI=1S/C6H13NO.C4H12O6P2.C2H2N2O/c1-3-5-7-6(8)4-2;1-3-4(2,11(5,6)7)12(8,9)10;1-3-4-2-5-1/h3-5H2,1-2H3,(H,7,8);3H2,1-2H3,(H2,5,6,7)(H2,8,9,10);1-2H. The van der Waals surface area contributed by atoms with Crippen molar-refractivity contribution in [1.82, 2.24) is 15.5 Å². The molecule has 0 aliphatic carbocycles. The molecule has 0 aliphatic heterocycles. The van der Waals surface area contributed by atoms with Crippen LogP contribution in [0, 0.1) is 0 Å². The second-order valence-electron chi connectivity index (χ2n) is 4.94. The first-order chi connectivity index (χ1) is 11.4. The lowest BCUT2D eigenvalue weighted by molar-refractivity contribution is -0.120. The van der Waals surface area contributed by atoms with Crippen LogP contribution in [0.1, 0.15) is 47.0 Å². The van der Waals surface area contributed by atoms with E-state index >= 15 is 0 Å². The lowest BCUT2D eigenvalue weighted by atomic mass is 10.4. The van der Waals surface area contributed by atoms with Crippen molar-refractivity contribution in [1.29, 1.82) is 0 Å². The average molecular weight is 403 g/mol. The van der Waals surface area contributed by atoms with E-state index in [1.165, 1.54) is 19.7 Å². The van der Waals surface area contributed by atoms with E-state index < -0.39 is 20.1 Å². The van der Waals surface area contributed by atoms with E-state index in [-0.39, 0.29) is 12.3 Å². The lowest BCUT2D eigenvalue weighted by Crippen LogP contribution is -2.23. The minimum Gasteiger partial charge on any atom is -0.431 e. The molecule has 0 aromatic carbocycles. The molecule has 0 saturated heterocycles. The van der Waals surface area contributed by atoms with Crippen LogP contribution in [0.2, 0.25) is 0 Å². The summed E-state index contributed by atoms with van der Waals surface area (Å²) in [5.41, 5.74) is 0. The normalized spacial score (nSPS) is 11.5. The number of rotatable bonds is 6. The molecule has 0 aliphatic rings. The average Bonchev–Trinajstić information content (AvgIpc) is 3.09. The van der Waals surface area contributed by atoms with Gasteiger partial charge in [-0.25, -0.2) is 0 Å².